The molecule has 29 heavy (non-hydrogen) atoms. The second-order valence-electron chi connectivity index (χ2n) is 9.48. The molecule has 0 radical (unpaired) electrons. The summed E-state index contributed by atoms with van der Waals surface area (Å²) in [6.07, 6.45) is 7.84. The van der Waals surface area contributed by atoms with E-state index in [4.69, 9.17) is 16.3 Å². The van der Waals surface area contributed by atoms with E-state index in [1.165, 1.54) is 44.1 Å². The highest BCUT2D eigenvalue weighted by Crippen LogP contribution is 2.60. The zero-order valence-electron chi connectivity index (χ0n) is 16.9. The van der Waals surface area contributed by atoms with Gasteiger partial charge in [0, 0.05) is 10.7 Å². The SMILES string of the molecule is C[C@@H](Oc1cccc(Cl)c1)C(=O)Nc1ccc(C23CC4CC(CC(C4)C2)C3)cc1. The number of amides is 1. The van der Waals surface area contributed by atoms with Crippen LogP contribution < -0.4 is 10.1 Å². The third kappa shape index (κ3) is 3.77. The van der Waals surface area contributed by atoms with Crippen molar-refractivity contribution in [2.45, 2.75) is 57.0 Å². The van der Waals surface area contributed by atoms with Crippen LogP contribution in [-0.4, -0.2) is 12.0 Å². The molecule has 1 amide bonds. The first-order chi connectivity index (χ1) is 14.0. The number of hydrogen-bond acceptors (Lipinski definition) is 2. The number of carbonyl (C=O) groups is 1. The fourth-order valence-corrected chi connectivity index (χ4v) is 6.59. The van der Waals surface area contributed by atoms with E-state index in [0.717, 1.165) is 23.4 Å². The van der Waals surface area contributed by atoms with Gasteiger partial charge in [-0.2, -0.15) is 0 Å². The second-order valence-corrected chi connectivity index (χ2v) is 9.92. The van der Waals surface area contributed by atoms with Gasteiger partial charge in [0.1, 0.15) is 5.75 Å². The highest BCUT2D eigenvalue weighted by atomic mass is 35.5. The number of halogens is 1. The Kier molecular flexibility index (Phi) is 4.82. The van der Waals surface area contributed by atoms with Crippen LogP contribution in [0.3, 0.4) is 0 Å². The van der Waals surface area contributed by atoms with Gasteiger partial charge in [-0.15, -0.1) is 0 Å². The molecule has 2 aromatic carbocycles. The van der Waals surface area contributed by atoms with Crippen LogP contribution in [0, 0.1) is 17.8 Å². The summed E-state index contributed by atoms with van der Waals surface area (Å²) in [6, 6.07) is 15.7. The number of anilines is 1. The molecule has 3 nitrogen and oxygen atoms in total. The Morgan fingerprint density at radius 2 is 1.66 bits per heavy atom. The van der Waals surface area contributed by atoms with Gasteiger partial charge in [0.25, 0.3) is 5.91 Å². The van der Waals surface area contributed by atoms with Gasteiger partial charge in [0.15, 0.2) is 6.10 Å². The lowest BCUT2D eigenvalue weighted by atomic mass is 9.48. The second kappa shape index (κ2) is 7.36. The summed E-state index contributed by atoms with van der Waals surface area (Å²) in [4.78, 5) is 12.5. The van der Waals surface area contributed by atoms with Gasteiger partial charge in [0.2, 0.25) is 0 Å². The highest BCUT2D eigenvalue weighted by molar-refractivity contribution is 6.30. The van der Waals surface area contributed by atoms with Crippen molar-refractivity contribution in [3.05, 3.63) is 59.1 Å². The minimum atomic E-state index is -0.601. The summed E-state index contributed by atoms with van der Waals surface area (Å²) in [5.41, 5.74) is 2.68. The van der Waals surface area contributed by atoms with E-state index in [1.54, 1.807) is 25.1 Å². The van der Waals surface area contributed by atoms with Crippen molar-refractivity contribution in [3.8, 4) is 5.75 Å². The summed E-state index contributed by atoms with van der Waals surface area (Å²) in [6.45, 7) is 1.75. The molecule has 1 N–H and O–H groups in total. The van der Waals surface area contributed by atoms with Crippen molar-refractivity contribution >= 4 is 23.2 Å². The molecule has 0 unspecified atom stereocenters. The lowest BCUT2D eigenvalue weighted by Crippen LogP contribution is -2.48. The molecule has 4 fully saturated rings. The van der Waals surface area contributed by atoms with Crippen LogP contribution in [0.15, 0.2) is 48.5 Å². The average molecular weight is 410 g/mol. The quantitative estimate of drug-likeness (QED) is 0.637. The van der Waals surface area contributed by atoms with E-state index in [9.17, 15) is 4.79 Å². The number of ether oxygens (including phenoxy) is 1. The van der Waals surface area contributed by atoms with Crippen LogP contribution in [0.4, 0.5) is 5.69 Å². The van der Waals surface area contributed by atoms with E-state index in [0.29, 0.717) is 16.2 Å². The molecule has 0 saturated heterocycles. The topological polar surface area (TPSA) is 38.3 Å². The Hall–Kier alpha value is -2.00. The van der Waals surface area contributed by atoms with Crippen LogP contribution in [0.5, 0.6) is 5.75 Å². The number of nitrogens with one attached hydrogen (secondary N) is 1. The van der Waals surface area contributed by atoms with Gasteiger partial charge in [-0.25, -0.2) is 0 Å². The predicted octanol–water partition coefficient (Wildman–Crippen LogP) is 6.21. The van der Waals surface area contributed by atoms with Gasteiger partial charge in [-0.3, -0.25) is 4.79 Å². The predicted molar refractivity (Wildman–Crippen MR) is 116 cm³/mol. The molecule has 4 heteroatoms. The Morgan fingerprint density at radius 1 is 1.03 bits per heavy atom. The molecule has 152 valence electrons. The summed E-state index contributed by atoms with van der Waals surface area (Å²) in [7, 11) is 0. The number of benzene rings is 2. The average Bonchev–Trinajstić information content (AvgIpc) is 2.67. The Balaban J connectivity index is 1.24. The molecule has 4 bridgehead atoms. The maximum Gasteiger partial charge on any atom is 0.265 e. The normalized spacial score (nSPS) is 30.8. The van der Waals surface area contributed by atoms with Crippen molar-refractivity contribution < 1.29 is 9.53 Å². The molecule has 0 aliphatic heterocycles. The molecule has 6 rings (SSSR count). The van der Waals surface area contributed by atoms with E-state index in [-0.39, 0.29) is 5.91 Å². The first-order valence-corrected chi connectivity index (χ1v) is 11.2. The summed E-state index contributed by atoms with van der Waals surface area (Å²) < 4.78 is 5.72. The monoisotopic (exact) mass is 409 g/mol. The number of rotatable bonds is 5. The zero-order valence-corrected chi connectivity index (χ0v) is 17.6. The van der Waals surface area contributed by atoms with Crippen LogP contribution in [-0.2, 0) is 10.2 Å². The van der Waals surface area contributed by atoms with Crippen molar-refractivity contribution in [1.82, 2.24) is 0 Å². The van der Waals surface area contributed by atoms with Crippen LogP contribution in [0.1, 0.15) is 51.0 Å². The Morgan fingerprint density at radius 3 is 2.24 bits per heavy atom. The maximum atomic E-state index is 12.5. The summed E-state index contributed by atoms with van der Waals surface area (Å²) in [5, 5.41) is 3.57. The standard InChI is InChI=1S/C25H28ClNO2/c1-16(29-23-4-2-3-21(26)12-23)24(28)27-22-7-5-20(6-8-22)25-13-17-9-18(14-25)11-19(10-17)15-25/h2-8,12,16-19H,9-11,13-15H2,1H3,(H,27,28)/t16-,17?,18?,19?,25?/m1/s1. The van der Waals surface area contributed by atoms with Crippen LogP contribution in [0.2, 0.25) is 5.02 Å². The van der Waals surface area contributed by atoms with Gasteiger partial charge in [0.05, 0.1) is 0 Å². The minimum absolute atomic E-state index is 0.160. The molecular weight excluding hydrogens is 382 g/mol. The third-order valence-corrected chi connectivity index (χ3v) is 7.52. The fourth-order valence-electron chi connectivity index (χ4n) is 6.41. The summed E-state index contributed by atoms with van der Waals surface area (Å²) >= 11 is 5.98. The summed E-state index contributed by atoms with van der Waals surface area (Å²) in [5.74, 6) is 3.24. The van der Waals surface area contributed by atoms with E-state index in [1.807, 2.05) is 6.07 Å². The van der Waals surface area contributed by atoms with Crippen molar-refractivity contribution in [1.29, 1.82) is 0 Å². The van der Waals surface area contributed by atoms with E-state index in [2.05, 4.69) is 29.6 Å². The van der Waals surface area contributed by atoms with E-state index >= 15 is 0 Å². The maximum absolute atomic E-state index is 12.5. The smallest absolute Gasteiger partial charge is 0.265 e. The molecule has 4 aliphatic carbocycles. The van der Waals surface area contributed by atoms with Crippen molar-refractivity contribution in [2.24, 2.45) is 17.8 Å². The Bertz CT molecular complexity index is 872. The number of carbonyl (C=O) groups excluding carboxylic acids is 1. The lowest BCUT2D eigenvalue weighted by molar-refractivity contribution is -0.122. The van der Waals surface area contributed by atoms with Crippen molar-refractivity contribution in [2.75, 3.05) is 5.32 Å². The van der Waals surface area contributed by atoms with E-state index < -0.39 is 6.10 Å². The first kappa shape index (κ1) is 19.0. The lowest BCUT2D eigenvalue weighted by Gasteiger charge is -2.57. The minimum Gasteiger partial charge on any atom is -0.481 e. The van der Waals surface area contributed by atoms with Gasteiger partial charge in [-0.1, -0.05) is 29.8 Å². The molecular formula is C25H28ClNO2. The molecule has 1 atom stereocenters. The van der Waals surface area contributed by atoms with Crippen LogP contribution in [0.25, 0.3) is 0 Å². The van der Waals surface area contributed by atoms with Crippen molar-refractivity contribution in [3.63, 3.8) is 0 Å². The molecule has 0 heterocycles. The third-order valence-electron chi connectivity index (χ3n) is 7.28. The van der Waals surface area contributed by atoms with Gasteiger partial charge < -0.3 is 10.1 Å². The van der Waals surface area contributed by atoms with Gasteiger partial charge in [-0.05, 0) is 105 Å². The Labute approximate surface area is 177 Å². The fraction of sp³-hybridized carbons (Fsp3) is 0.480. The van der Waals surface area contributed by atoms with Gasteiger partial charge >= 0.3 is 0 Å². The molecule has 4 aliphatic rings. The van der Waals surface area contributed by atoms with Crippen LogP contribution >= 0.6 is 11.6 Å². The zero-order chi connectivity index (χ0) is 20.0. The molecule has 4 saturated carbocycles. The number of hydrogen-bond donors (Lipinski definition) is 1. The molecule has 2 aromatic rings. The highest BCUT2D eigenvalue weighted by Gasteiger charge is 2.51. The molecule has 0 aromatic heterocycles. The molecule has 0 spiro atoms. The first-order valence-electron chi connectivity index (χ1n) is 10.8. The largest absolute Gasteiger partial charge is 0.481 e.